The van der Waals surface area contributed by atoms with Crippen molar-refractivity contribution in [3.8, 4) is 0 Å². The highest BCUT2D eigenvalue weighted by molar-refractivity contribution is 6.33. The number of ether oxygens (including phenoxy) is 1. The van der Waals surface area contributed by atoms with Gasteiger partial charge in [0.05, 0.1) is 17.7 Å². The zero-order chi connectivity index (χ0) is 14.4. The van der Waals surface area contributed by atoms with Gasteiger partial charge in [-0.3, -0.25) is 9.78 Å². The number of hydrogen-bond donors (Lipinski definition) is 1. The molecule has 5 nitrogen and oxygen atoms in total. The fourth-order valence-electron chi connectivity index (χ4n) is 1.61. The van der Waals surface area contributed by atoms with Crippen LogP contribution in [0.4, 0.5) is 0 Å². The third-order valence-electron chi connectivity index (χ3n) is 2.51. The van der Waals surface area contributed by atoms with Crippen LogP contribution in [0.1, 0.15) is 30.6 Å². The molecule has 0 saturated carbocycles. The standard InChI is InChI=1S/C13H17ClN2O3/c1-8(2)6-11(13(18)19-3)16-12(17)9-7-15-5-4-10(9)14/h4-5,7-8,11H,6H2,1-3H3,(H,16,17). The first kappa shape index (κ1) is 15.4. The van der Waals surface area contributed by atoms with E-state index in [4.69, 9.17) is 11.6 Å². The van der Waals surface area contributed by atoms with Crippen LogP contribution in [0.5, 0.6) is 0 Å². The van der Waals surface area contributed by atoms with Crippen LogP contribution in [0.2, 0.25) is 5.02 Å². The van der Waals surface area contributed by atoms with Crippen LogP contribution in [0, 0.1) is 5.92 Å². The second-order valence-electron chi connectivity index (χ2n) is 4.53. The highest BCUT2D eigenvalue weighted by Crippen LogP contribution is 2.14. The maximum atomic E-state index is 12.0. The molecule has 0 aromatic carbocycles. The number of nitrogens with one attached hydrogen (secondary N) is 1. The van der Waals surface area contributed by atoms with Gasteiger partial charge in [-0.2, -0.15) is 0 Å². The minimum Gasteiger partial charge on any atom is -0.467 e. The van der Waals surface area contributed by atoms with Crippen LogP contribution >= 0.6 is 11.6 Å². The summed E-state index contributed by atoms with van der Waals surface area (Å²) in [5.74, 6) is -0.662. The number of aromatic nitrogens is 1. The number of carbonyl (C=O) groups is 2. The van der Waals surface area contributed by atoms with Gasteiger partial charge in [-0.25, -0.2) is 4.79 Å². The molecular formula is C13H17ClN2O3. The lowest BCUT2D eigenvalue weighted by Gasteiger charge is -2.18. The molecule has 1 rings (SSSR count). The maximum absolute atomic E-state index is 12.0. The molecule has 0 fully saturated rings. The Morgan fingerprint density at radius 2 is 2.16 bits per heavy atom. The summed E-state index contributed by atoms with van der Waals surface area (Å²) in [5.41, 5.74) is 0.238. The molecule has 1 atom stereocenters. The minimum absolute atomic E-state index is 0.238. The summed E-state index contributed by atoms with van der Waals surface area (Å²) in [6, 6.07) is 0.834. The van der Waals surface area contributed by atoms with Crippen LogP contribution in [0.15, 0.2) is 18.5 Å². The third-order valence-corrected chi connectivity index (χ3v) is 2.84. The average Bonchev–Trinajstić information content (AvgIpc) is 2.36. The molecule has 1 unspecified atom stereocenters. The van der Waals surface area contributed by atoms with E-state index in [9.17, 15) is 9.59 Å². The quantitative estimate of drug-likeness (QED) is 0.840. The highest BCUT2D eigenvalue weighted by Gasteiger charge is 2.24. The average molecular weight is 285 g/mol. The molecule has 1 amide bonds. The van der Waals surface area contributed by atoms with Crippen molar-refractivity contribution < 1.29 is 14.3 Å². The van der Waals surface area contributed by atoms with Crippen molar-refractivity contribution in [3.63, 3.8) is 0 Å². The Kier molecular flexibility index (Phi) is 5.76. The van der Waals surface area contributed by atoms with Gasteiger partial charge in [-0.1, -0.05) is 25.4 Å². The predicted octanol–water partition coefficient (Wildman–Crippen LogP) is 2.05. The summed E-state index contributed by atoms with van der Waals surface area (Å²) in [6.07, 6.45) is 3.35. The van der Waals surface area contributed by atoms with E-state index in [2.05, 4.69) is 15.0 Å². The predicted molar refractivity (Wildman–Crippen MR) is 72.0 cm³/mol. The largest absolute Gasteiger partial charge is 0.467 e. The highest BCUT2D eigenvalue weighted by atomic mass is 35.5. The molecule has 0 aliphatic carbocycles. The molecule has 0 radical (unpaired) electrons. The van der Waals surface area contributed by atoms with Crippen molar-refractivity contribution in [1.29, 1.82) is 0 Å². The first-order valence-corrected chi connectivity index (χ1v) is 6.31. The van der Waals surface area contributed by atoms with Crippen molar-refractivity contribution in [2.75, 3.05) is 7.11 Å². The first-order valence-electron chi connectivity index (χ1n) is 5.94. The molecule has 19 heavy (non-hydrogen) atoms. The van der Waals surface area contributed by atoms with Gasteiger partial charge in [0.1, 0.15) is 6.04 Å². The van der Waals surface area contributed by atoms with Crippen LogP contribution in [-0.4, -0.2) is 30.0 Å². The molecule has 1 N–H and O–H groups in total. The molecule has 1 aromatic heterocycles. The zero-order valence-electron chi connectivity index (χ0n) is 11.1. The van der Waals surface area contributed by atoms with E-state index in [1.807, 2.05) is 13.8 Å². The first-order chi connectivity index (χ1) is 8.95. The second-order valence-corrected chi connectivity index (χ2v) is 4.94. The van der Waals surface area contributed by atoms with Gasteiger partial charge in [-0.15, -0.1) is 0 Å². The Hall–Kier alpha value is -1.62. The topological polar surface area (TPSA) is 68.3 Å². The van der Waals surface area contributed by atoms with E-state index in [1.165, 1.54) is 25.6 Å². The Morgan fingerprint density at radius 3 is 2.68 bits per heavy atom. The Labute approximate surface area is 117 Å². The van der Waals surface area contributed by atoms with Gasteiger partial charge < -0.3 is 10.1 Å². The number of carbonyl (C=O) groups excluding carboxylic acids is 2. The molecule has 0 aliphatic rings. The van der Waals surface area contributed by atoms with Gasteiger partial charge in [0.15, 0.2) is 0 Å². The molecule has 0 bridgehead atoms. The molecule has 0 aliphatic heterocycles. The lowest BCUT2D eigenvalue weighted by atomic mass is 10.0. The van der Waals surface area contributed by atoms with E-state index in [0.717, 1.165) is 0 Å². The number of halogens is 1. The smallest absolute Gasteiger partial charge is 0.328 e. The normalized spacial score (nSPS) is 12.1. The molecular weight excluding hydrogens is 268 g/mol. The van der Waals surface area contributed by atoms with Crippen molar-refractivity contribution in [3.05, 3.63) is 29.0 Å². The number of esters is 1. The lowest BCUT2D eigenvalue weighted by Crippen LogP contribution is -2.42. The SMILES string of the molecule is COC(=O)C(CC(C)C)NC(=O)c1cnccc1Cl. The summed E-state index contributed by atoms with van der Waals surface area (Å²) in [7, 11) is 1.29. The summed E-state index contributed by atoms with van der Waals surface area (Å²) in [6.45, 7) is 3.91. The molecule has 1 aromatic rings. The third kappa shape index (κ3) is 4.52. The van der Waals surface area contributed by atoms with Crippen molar-refractivity contribution in [2.45, 2.75) is 26.3 Å². The van der Waals surface area contributed by atoms with Gasteiger partial charge in [0.2, 0.25) is 0 Å². The van der Waals surface area contributed by atoms with Crippen LogP contribution in [-0.2, 0) is 9.53 Å². The minimum atomic E-state index is -0.686. The van der Waals surface area contributed by atoms with Crippen molar-refractivity contribution in [1.82, 2.24) is 10.3 Å². The molecule has 0 saturated heterocycles. The number of methoxy groups -OCH3 is 1. The van der Waals surface area contributed by atoms with Gasteiger partial charge in [0, 0.05) is 12.4 Å². The Morgan fingerprint density at radius 1 is 1.47 bits per heavy atom. The lowest BCUT2D eigenvalue weighted by molar-refractivity contribution is -0.143. The van der Waals surface area contributed by atoms with E-state index < -0.39 is 17.9 Å². The summed E-state index contributed by atoms with van der Waals surface area (Å²) in [4.78, 5) is 27.5. The molecule has 6 heteroatoms. The number of rotatable bonds is 5. The van der Waals surface area contributed by atoms with E-state index >= 15 is 0 Å². The van der Waals surface area contributed by atoms with E-state index in [0.29, 0.717) is 11.4 Å². The molecule has 0 spiro atoms. The van der Waals surface area contributed by atoms with Crippen LogP contribution < -0.4 is 5.32 Å². The van der Waals surface area contributed by atoms with Crippen molar-refractivity contribution >= 4 is 23.5 Å². The number of pyridine rings is 1. The summed E-state index contributed by atoms with van der Waals surface area (Å²) in [5, 5.41) is 2.91. The van der Waals surface area contributed by atoms with Crippen molar-refractivity contribution in [2.24, 2.45) is 5.92 Å². The number of amides is 1. The zero-order valence-corrected chi connectivity index (χ0v) is 11.9. The molecule has 1 heterocycles. The van der Waals surface area contributed by atoms with Gasteiger partial charge in [0.25, 0.3) is 5.91 Å². The summed E-state index contributed by atoms with van der Waals surface area (Å²) < 4.78 is 4.68. The Balaban J connectivity index is 2.82. The fraction of sp³-hybridized carbons (Fsp3) is 0.462. The number of hydrogen-bond acceptors (Lipinski definition) is 4. The fourth-order valence-corrected chi connectivity index (χ4v) is 1.80. The Bertz CT molecular complexity index is 463. The molecule has 104 valence electrons. The van der Waals surface area contributed by atoms with Gasteiger partial charge >= 0.3 is 5.97 Å². The summed E-state index contributed by atoms with van der Waals surface area (Å²) >= 11 is 5.90. The van der Waals surface area contributed by atoms with E-state index in [-0.39, 0.29) is 11.5 Å². The monoisotopic (exact) mass is 284 g/mol. The van der Waals surface area contributed by atoms with Gasteiger partial charge in [-0.05, 0) is 18.4 Å². The van der Waals surface area contributed by atoms with Crippen LogP contribution in [0.25, 0.3) is 0 Å². The second kappa shape index (κ2) is 7.09. The van der Waals surface area contributed by atoms with E-state index in [1.54, 1.807) is 0 Å². The maximum Gasteiger partial charge on any atom is 0.328 e. The van der Waals surface area contributed by atoms with Crippen LogP contribution in [0.3, 0.4) is 0 Å². The number of nitrogens with zero attached hydrogens (tertiary/aromatic N) is 1.